The van der Waals surface area contributed by atoms with Crippen molar-refractivity contribution in [1.29, 1.82) is 0 Å². The van der Waals surface area contributed by atoms with Crippen LogP contribution in [0.4, 0.5) is 0 Å². The van der Waals surface area contributed by atoms with Crippen LogP contribution in [0.2, 0.25) is 0 Å². The van der Waals surface area contributed by atoms with Crippen molar-refractivity contribution in [2.45, 2.75) is 27.2 Å². The molecule has 0 atom stereocenters. The number of allylic oxidation sites excluding steroid dienone is 1. The van der Waals surface area contributed by atoms with Crippen LogP contribution >= 0.6 is 0 Å². The Bertz CT molecular complexity index is 769. The highest BCUT2D eigenvalue weighted by Crippen LogP contribution is 2.25. The van der Waals surface area contributed by atoms with Crippen molar-refractivity contribution in [2.24, 2.45) is 0 Å². The molecule has 3 heteroatoms. The molecule has 2 rings (SSSR count). The summed E-state index contributed by atoms with van der Waals surface area (Å²) in [6, 6.07) is 11.5. The lowest BCUT2D eigenvalue weighted by Gasteiger charge is -2.08. The van der Waals surface area contributed by atoms with Crippen molar-refractivity contribution in [2.75, 3.05) is 13.7 Å². The van der Waals surface area contributed by atoms with E-state index in [1.54, 1.807) is 13.2 Å². The summed E-state index contributed by atoms with van der Waals surface area (Å²) in [5, 5.41) is 9.78. The van der Waals surface area contributed by atoms with E-state index in [1.807, 2.05) is 69.3 Å². The first-order chi connectivity index (χ1) is 12.0. The second-order valence-electron chi connectivity index (χ2n) is 6.11. The van der Waals surface area contributed by atoms with Gasteiger partial charge in [0.15, 0.2) is 0 Å². The molecule has 0 saturated heterocycles. The Morgan fingerprint density at radius 1 is 1.00 bits per heavy atom. The third-order valence-corrected chi connectivity index (χ3v) is 3.83. The van der Waals surface area contributed by atoms with Gasteiger partial charge in [0.25, 0.3) is 0 Å². The van der Waals surface area contributed by atoms with Crippen molar-refractivity contribution in [3.8, 4) is 17.2 Å². The zero-order valence-electron chi connectivity index (χ0n) is 15.4. The number of aromatic hydroxyl groups is 1. The van der Waals surface area contributed by atoms with E-state index >= 15 is 0 Å². The number of benzene rings is 2. The molecule has 0 amide bonds. The average molecular weight is 338 g/mol. The molecule has 0 aliphatic heterocycles. The van der Waals surface area contributed by atoms with Gasteiger partial charge in [0, 0.05) is 6.07 Å². The van der Waals surface area contributed by atoms with Crippen LogP contribution in [-0.4, -0.2) is 18.8 Å². The minimum Gasteiger partial charge on any atom is -0.508 e. The molecule has 0 unspecified atom stereocenters. The molecule has 0 aromatic heterocycles. The smallest absolute Gasteiger partial charge is 0.124 e. The Labute approximate surface area is 150 Å². The van der Waals surface area contributed by atoms with Crippen molar-refractivity contribution in [1.82, 2.24) is 0 Å². The number of phenolic OH excluding ortho intramolecular Hbond substituents is 1. The predicted molar refractivity (Wildman–Crippen MR) is 104 cm³/mol. The Kier molecular flexibility index (Phi) is 6.70. The van der Waals surface area contributed by atoms with Gasteiger partial charge < -0.3 is 14.6 Å². The van der Waals surface area contributed by atoms with E-state index in [9.17, 15) is 5.11 Å². The maximum absolute atomic E-state index is 9.78. The molecule has 3 nitrogen and oxygen atoms in total. The normalized spacial score (nSPS) is 10.7. The van der Waals surface area contributed by atoms with Gasteiger partial charge in [0.05, 0.1) is 7.11 Å². The van der Waals surface area contributed by atoms with Crippen molar-refractivity contribution < 1.29 is 14.6 Å². The topological polar surface area (TPSA) is 38.7 Å². The molecular formula is C22H26O3. The highest BCUT2D eigenvalue weighted by atomic mass is 16.5. The molecule has 0 spiro atoms. The second kappa shape index (κ2) is 8.97. The van der Waals surface area contributed by atoms with Crippen LogP contribution in [0.15, 0.2) is 48.0 Å². The van der Waals surface area contributed by atoms with Crippen LogP contribution < -0.4 is 9.47 Å². The molecule has 0 aliphatic carbocycles. The summed E-state index contributed by atoms with van der Waals surface area (Å²) >= 11 is 0. The fourth-order valence-electron chi connectivity index (χ4n) is 2.38. The lowest BCUT2D eigenvalue weighted by atomic mass is 10.1. The number of methoxy groups -OCH3 is 1. The average Bonchev–Trinajstić information content (AvgIpc) is 2.60. The zero-order valence-corrected chi connectivity index (χ0v) is 15.4. The number of aryl methyl sites for hydroxylation is 1. The van der Waals surface area contributed by atoms with Crippen LogP contribution in [0.3, 0.4) is 0 Å². The fraction of sp³-hybridized carbons (Fsp3) is 0.273. The van der Waals surface area contributed by atoms with Crippen LogP contribution in [0.25, 0.3) is 12.2 Å². The van der Waals surface area contributed by atoms with E-state index in [-0.39, 0.29) is 0 Å². The summed E-state index contributed by atoms with van der Waals surface area (Å²) in [6.45, 7) is 6.66. The molecular weight excluding hydrogens is 312 g/mol. The summed E-state index contributed by atoms with van der Waals surface area (Å²) in [6.07, 6.45) is 6.88. The number of hydrogen-bond donors (Lipinski definition) is 1. The third kappa shape index (κ3) is 5.71. The summed E-state index contributed by atoms with van der Waals surface area (Å²) < 4.78 is 11.1. The first kappa shape index (κ1) is 18.7. The predicted octanol–water partition coefficient (Wildman–Crippen LogP) is 5.48. The van der Waals surface area contributed by atoms with Crippen molar-refractivity contribution in [3.63, 3.8) is 0 Å². The lowest BCUT2D eigenvalue weighted by molar-refractivity contribution is 0.356. The molecule has 1 N–H and O–H groups in total. The van der Waals surface area contributed by atoms with Gasteiger partial charge in [0.1, 0.15) is 23.9 Å². The summed E-state index contributed by atoms with van der Waals surface area (Å²) in [7, 11) is 1.65. The van der Waals surface area contributed by atoms with Gasteiger partial charge in [-0.25, -0.2) is 0 Å². The van der Waals surface area contributed by atoms with E-state index in [1.165, 1.54) is 5.57 Å². The second-order valence-corrected chi connectivity index (χ2v) is 6.11. The van der Waals surface area contributed by atoms with Crippen molar-refractivity contribution in [3.05, 3.63) is 64.7 Å². The van der Waals surface area contributed by atoms with Crippen molar-refractivity contribution >= 4 is 12.2 Å². The van der Waals surface area contributed by atoms with E-state index in [0.29, 0.717) is 12.4 Å². The van der Waals surface area contributed by atoms with E-state index in [2.05, 4.69) is 0 Å². The monoisotopic (exact) mass is 338 g/mol. The number of hydrogen-bond acceptors (Lipinski definition) is 3. The molecule has 2 aromatic carbocycles. The molecule has 0 fully saturated rings. The third-order valence-electron chi connectivity index (χ3n) is 3.83. The molecule has 0 saturated carbocycles. The lowest BCUT2D eigenvalue weighted by Crippen LogP contribution is -1.95. The highest BCUT2D eigenvalue weighted by molar-refractivity contribution is 5.71. The van der Waals surface area contributed by atoms with Gasteiger partial charge in [-0.1, -0.05) is 30.7 Å². The molecule has 2 aromatic rings. The maximum atomic E-state index is 9.78. The van der Waals surface area contributed by atoms with E-state index in [4.69, 9.17) is 9.47 Å². The largest absolute Gasteiger partial charge is 0.508 e. The standard InChI is InChI=1S/C22H26O3/c1-5-19-12-17(8-9-22(19)23)6-7-18-13-20(24-4)15-21(14-18)25-11-10-16(2)3/h6-10,12-15,23H,5,11H2,1-4H3. The minimum absolute atomic E-state index is 0.344. The van der Waals surface area contributed by atoms with Gasteiger partial charge >= 0.3 is 0 Å². The summed E-state index contributed by atoms with van der Waals surface area (Å²) in [5.41, 5.74) is 4.21. The maximum Gasteiger partial charge on any atom is 0.124 e. The van der Waals surface area contributed by atoms with E-state index < -0.39 is 0 Å². The zero-order chi connectivity index (χ0) is 18.2. The number of ether oxygens (including phenoxy) is 2. The SMILES string of the molecule is CCc1cc(C=Cc2cc(OC)cc(OCC=C(C)C)c2)ccc1O. The van der Waals surface area contributed by atoms with Gasteiger partial charge in [-0.15, -0.1) is 0 Å². The summed E-state index contributed by atoms with van der Waals surface area (Å²) in [4.78, 5) is 0. The van der Waals surface area contributed by atoms with Gasteiger partial charge in [-0.2, -0.15) is 0 Å². The van der Waals surface area contributed by atoms with E-state index in [0.717, 1.165) is 34.6 Å². The molecule has 0 heterocycles. The van der Waals surface area contributed by atoms with Crippen LogP contribution in [0.1, 0.15) is 37.5 Å². The van der Waals surface area contributed by atoms with Gasteiger partial charge in [-0.05, 0) is 67.3 Å². The number of rotatable bonds is 7. The van der Waals surface area contributed by atoms with Crippen LogP contribution in [0, 0.1) is 0 Å². The first-order valence-electron chi connectivity index (χ1n) is 8.47. The molecule has 25 heavy (non-hydrogen) atoms. The molecule has 0 aliphatic rings. The quantitative estimate of drug-likeness (QED) is 0.537. The Balaban J connectivity index is 2.21. The van der Waals surface area contributed by atoms with Gasteiger partial charge in [-0.3, -0.25) is 0 Å². The van der Waals surface area contributed by atoms with Crippen LogP contribution in [0.5, 0.6) is 17.2 Å². The minimum atomic E-state index is 0.344. The molecule has 0 radical (unpaired) electrons. The number of phenols is 1. The molecule has 132 valence electrons. The Morgan fingerprint density at radius 3 is 2.40 bits per heavy atom. The summed E-state index contributed by atoms with van der Waals surface area (Å²) in [5.74, 6) is 1.88. The Morgan fingerprint density at radius 2 is 1.72 bits per heavy atom. The van der Waals surface area contributed by atoms with Gasteiger partial charge in [0.2, 0.25) is 0 Å². The first-order valence-corrected chi connectivity index (χ1v) is 8.47. The molecule has 0 bridgehead atoms. The highest BCUT2D eigenvalue weighted by Gasteiger charge is 2.02. The van der Waals surface area contributed by atoms with Crippen LogP contribution in [-0.2, 0) is 6.42 Å². The Hall–Kier alpha value is -2.68. The fourth-order valence-corrected chi connectivity index (χ4v) is 2.38.